The first-order chi connectivity index (χ1) is 37.2. The average molecular weight is 951 g/mol. The van der Waals surface area contributed by atoms with E-state index in [9.17, 15) is 0 Å². The lowest BCUT2D eigenvalue weighted by atomic mass is 9.83. The molecule has 0 aliphatic carbocycles. The zero-order valence-corrected chi connectivity index (χ0v) is 41.0. The molecule has 15 rings (SSSR count). The van der Waals surface area contributed by atoms with Gasteiger partial charge in [0.15, 0.2) is 0 Å². The maximum atomic E-state index is 6.69. The highest BCUT2D eigenvalue weighted by molar-refractivity contribution is 6.25. The Bertz CT molecular complexity index is 4650. The van der Waals surface area contributed by atoms with E-state index >= 15 is 0 Å². The van der Waals surface area contributed by atoms with E-state index in [1.807, 2.05) is 6.07 Å². The largest absolute Gasteiger partial charge is 0.455 e. The van der Waals surface area contributed by atoms with E-state index in [2.05, 4.69) is 273 Å². The smallest absolute Gasteiger partial charge is 0.143 e. The molecule has 348 valence electrons. The first-order valence-corrected chi connectivity index (χ1v) is 25.9. The molecule has 0 saturated heterocycles. The van der Waals surface area contributed by atoms with Crippen molar-refractivity contribution in [3.05, 3.63) is 279 Å². The first kappa shape index (κ1) is 42.8. The first-order valence-electron chi connectivity index (χ1n) is 25.9. The molecule has 1 heteroatoms. The molecular formula is C74H46O. The Morgan fingerprint density at radius 1 is 0.200 bits per heavy atom. The van der Waals surface area contributed by atoms with Crippen LogP contribution in [0.1, 0.15) is 0 Å². The van der Waals surface area contributed by atoms with E-state index < -0.39 is 0 Å². The highest BCUT2D eigenvalue weighted by Crippen LogP contribution is 2.50. The molecule has 0 fully saturated rings. The number of furan rings is 1. The maximum Gasteiger partial charge on any atom is 0.143 e. The Kier molecular flexibility index (Phi) is 9.96. The quantitative estimate of drug-likeness (QED) is 0.145. The number of fused-ring (bicyclic) bond motifs is 8. The van der Waals surface area contributed by atoms with Gasteiger partial charge in [-0.1, -0.05) is 261 Å². The van der Waals surface area contributed by atoms with Crippen LogP contribution >= 0.6 is 0 Å². The molecule has 0 saturated carbocycles. The van der Waals surface area contributed by atoms with E-state index in [0.29, 0.717) is 0 Å². The molecule has 0 radical (unpaired) electrons. The van der Waals surface area contributed by atoms with Crippen molar-refractivity contribution in [1.29, 1.82) is 0 Å². The third-order valence-corrected chi connectivity index (χ3v) is 15.6. The molecule has 0 spiro atoms. The van der Waals surface area contributed by atoms with E-state index in [1.54, 1.807) is 0 Å². The molecule has 0 unspecified atom stereocenters. The summed E-state index contributed by atoms with van der Waals surface area (Å²) in [5, 5.41) is 14.5. The SMILES string of the molecule is c1ccc(-c2ccccc2-c2c3ccccc3c(-c3cccc(-c4cccc5cccc(-c6cccc(-c7c8ccccc8c(-c8cccc9c8oc8ccccc89)c8ccccc78)c6)c45)c3)c3ccccc23)cc1. The zero-order valence-electron chi connectivity index (χ0n) is 41.0. The minimum Gasteiger partial charge on any atom is -0.455 e. The van der Waals surface area contributed by atoms with Crippen molar-refractivity contribution in [1.82, 2.24) is 0 Å². The Morgan fingerprint density at radius 3 is 1.08 bits per heavy atom. The Morgan fingerprint density at radius 2 is 0.547 bits per heavy atom. The molecule has 14 aromatic carbocycles. The van der Waals surface area contributed by atoms with Gasteiger partial charge in [0.25, 0.3) is 0 Å². The molecule has 0 bridgehead atoms. The average Bonchev–Trinajstić information content (AvgIpc) is 3.91. The van der Waals surface area contributed by atoms with Crippen molar-refractivity contribution in [3.8, 4) is 77.9 Å². The van der Waals surface area contributed by atoms with Gasteiger partial charge in [-0.05, 0) is 139 Å². The predicted molar refractivity (Wildman–Crippen MR) is 319 cm³/mol. The summed E-state index contributed by atoms with van der Waals surface area (Å²) < 4.78 is 6.69. The van der Waals surface area contributed by atoms with Crippen molar-refractivity contribution >= 4 is 75.8 Å². The minimum absolute atomic E-state index is 0.903. The monoisotopic (exact) mass is 950 g/mol. The third-order valence-electron chi connectivity index (χ3n) is 15.6. The summed E-state index contributed by atoms with van der Waals surface area (Å²) in [6, 6.07) is 102. The lowest BCUT2D eigenvalue weighted by Gasteiger charge is -2.20. The molecule has 0 amide bonds. The van der Waals surface area contributed by atoms with Crippen LogP contribution in [0.5, 0.6) is 0 Å². The molecule has 0 aliphatic heterocycles. The van der Waals surface area contributed by atoms with Gasteiger partial charge in [0.1, 0.15) is 11.2 Å². The maximum absolute atomic E-state index is 6.69. The van der Waals surface area contributed by atoms with Crippen LogP contribution in [-0.2, 0) is 0 Å². The predicted octanol–water partition coefficient (Wildman–Crippen LogP) is 21.0. The van der Waals surface area contributed by atoms with Gasteiger partial charge in [-0.3, -0.25) is 0 Å². The molecule has 15 aromatic rings. The van der Waals surface area contributed by atoms with Crippen LogP contribution < -0.4 is 0 Å². The Balaban J connectivity index is 0.894. The molecule has 75 heavy (non-hydrogen) atoms. The molecule has 1 aromatic heterocycles. The minimum atomic E-state index is 0.903. The molecule has 0 atom stereocenters. The molecule has 0 aliphatic rings. The summed E-state index contributed by atoms with van der Waals surface area (Å²) in [6.45, 7) is 0. The van der Waals surface area contributed by atoms with Crippen LogP contribution in [0.4, 0.5) is 0 Å². The number of hydrogen-bond donors (Lipinski definition) is 0. The lowest BCUT2D eigenvalue weighted by Crippen LogP contribution is -1.93. The topological polar surface area (TPSA) is 13.1 Å². The fraction of sp³-hybridized carbons (Fsp3) is 0. The standard InChI is InChI=1S/C74H46O/c1-2-21-47(22-3-1)53-29-4-5-31-57(53)72-62-36-10-6-32-58(62)70(59-33-7-11-37-63(59)72)51-27-16-25-49(45-51)54-40-18-23-48-24-19-41-55(69(48)54)50-26-17-28-52(46-50)71-60-34-8-12-38-64(60)73(65-39-13-9-35-61(65)71)67-43-20-42-66-56-30-14-15-44-68(56)75-74(66)67/h1-46H. The summed E-state index contributed by atoms with van der Waals surface area (Å²) in [4.78, 5) is 0. The van der Waals surface area contributed by atoms with Gasteiger partial charge < -0.3 is 4.42 Å². The van der Waals surface area contributed by atoms with Crippen molar-refractivity contribution in [3.63, 3.8) is 0 Å². The van der Waals surface area contributed by atoms with Crippen molar-refractivity contribution in [2.45, 2.75) is 0 Å². The van der Waals surface area contributed by atoms with Crippen molar-refractivity contribution in [2.75, 3.05) is 0 Å². The second kappa shape index (κ2) is 17.4. The second-order valence-corrected chi connectivity index (χ2v) is 19.7. The van der Waals surface area contributed by atoms with Crippen molar-refractivity contribution in [2.24, 2.45) is 0 Å². The van der Waals surface area contributed by atoms with Gasteiger partial charge in [0, 0.05) is 21.9 Å². The summed E-state index contributed by atoms with van der Waals surface area (Å²) in [6.07, 6.45) is 0. The molecule has 1 nitrogen and oxygen atoms in total. The van der Waals surface area contributed by atoms with Crippen LogP contribution in [0.25, 0.3) is 154 Å². The fourth-order valence-corrected chi connectivity index (χ4v) is 12.5. The number of benzene rings is 14. The lowest BCUT2D eigenvalue weighted by molar-refractivity contribution is 0.670. The second-order valence-electron chi connectivity index (χ2n) is 19.7. The third kappa shape index (κ3) is 6.86. The van der Waals surface area contributed by atoms with Crippen LogP contribution in [0.3, 0.4) is 0 Å². The molecular weight excluding hydrogens is 905 g/mol. The highest BCUT2D eigenvalue weighted by Gasteiger charge is 2.23. The normalized spacial score (nSPS) is 11.7. The number of hydrogen-bond acceptors (Lipinski definition) is 1. The van der Waals surface area contributed by atoms with Crippen LogP contribution in [0.2, 0.25) is 0 Å². The number of rotatable bonds is 7. The van der Waals surface area contributed by atoms with E-state index in [0.717, 1.165) is 27.5 Å². The van der Waals surface area contributed by atoms with E-state index in [1.165, 1.54) is 126 Å². The van der Waals surface area contributed by atoms with Gasteiger partial charge in [-0.25, -0.2) is 0 Å². The molecule has 0 N–H and O–H groups in total. The summed E-state index contributed by atoms with van der Waals surface area (Å²) >= 11 is 0. The Labute approximate surface area is 434 Å². The van der Waals surface area contributed by atoms with Gasteiger partial charge in [0.05, 0.1) is 0 Å². The van der Waals surface area contributed by atoms with Crippen LogP contribution in [-0.4, -0.2) is 0 Å². The van der Waals surface area contributed by atoms with Crippen molar-refractivity contribution < 1.29 is 4.42 Å². The zero-order chi connectivity index (χ0) is 49.4. The fourth-order valence-electron chi connectivity index (χ4n) is 12.5. The highest BCUT2D eigenvalue weighted by atomic mass is 16.3. The van der Waals surface area contributed by atoms with E-state index in [4.69, 9.17) is 4.42 Å². The number of para-hydroxylation sites is 2. The van der Waals surface area contributed by atoms with Gasteiger partial charge in [-0.2, -0.15) is 0 Å². The Hall–Kier alpha value is -9.82. The van der Waals surface area contributed by atoms with Gasteiger partial charge >= 0.3 is 0 Å². The van der Waals surface area contributed by atoms with Crippen LogP contribution in [0, 0.1) is 0 Å². The van der Waals surface area contributed by atoms with E-state index in [-0.39, 0.29) is 0 Å². The van der Waals surface area contributed by atoms with Gasteiger partial charge in [0.2, 0.25) is 0 Å². The summed E-state index contributed by atoms with van der Waals surface area (Å²) in [7, 11) is 0. The summed E-state index contributed by atoms with van der Waals surface area (Å²) in [5.41, 5.74) is 18.7. The summed E-state index contributed by atoms with van der Waals surface area (Å²) in [5.74, 6) is 0. The van der Waals surface area contributed by atoms with Gasteiger partial charge in [-0.15, -0.1) is 0 Å². The molecule has 1 heterocycles. The van der Waals surface area contributed by atoms with Crippen LogP contribution in [0.15, 0.2) is 283 Å².